The number of amides is 1. The van der Waals surface area contributed by atoms with Gasteiger partial charge in [-0.3, -0.25) is 4.79 Å². The van der Waals surface area contributed by atoms with Crippen LogP contribution in [0.5, 0.6) is 0 Å². The van der Waals surface area contributed by atoms with E-state index in [1.165, 1.54) is 12.8 Å². The molecule has 1 saturated heterocycles. The highest BCUT2D eigenvalue weighted by Gasteiger charge is 2.34. The molecule has 1 atom stereocenters. The summed E-state index contributed by atoms with van der Waals surface area (Å²) < 4.78 is 0. The fourth-order valence-corrected chi connectivity index (χ4v) is 2.04. The predicted octanol–water partition coefficient (Wildman–Crippen LogP) is 1.90. The van der Waals surface area contributed by atoms with Crippen molar-refractivity contribution in [2.24, 2.45) is 17.8 Å². The molecule has 2 nitrogen and oxygen atoms in total. The monoisotopic (exact) mass is 181 g/mol. The maximum Gasteiger partial charge on any atom is 0.222 e. The Labute approximate surface area is 80.3 Å². The SMILES string of the molecule is CC(C)[C@H]1CC(=O)N(CC2CC2)C1. The van der Waals surface area contributed by atoms with Crippen LogP contribution in [0.2, 0.25) is 0 Å². The fraction of sp³-hybridized carbons (Fsp3) is 0.909. The van der Waals surface area contributed by atoms with Crippen molar-refractivity contribution in [2.75, 3.05) is 13.1 Å². The lowest BCUT2D eigenvalue weighted by atomic mass is 9.95. The Hall–Kier alpha value is -0.530. The van der Waals surface area contributed by atoms with Crippen LogP contribution >= 0.6 is 0 Å². The van der Waals surface area contributed by atoms with Crippen molar-refractivity contribution in [3.05, 3.63) is 0 Å². The fourth-order valence-electron chi connectivity index (χ4n) is 2.04. The van der Waals surface area contributed by atoms with E-state index in [4.69, 9.17) is 0 Å². The van der Waals surface area contributed by atoms with Gasteiger partial charge in [0.15, 0.2) is 0 Å². The van der Waals surface area contributed by atoms with E-state index >= 15 is 0 Å². The summed E-state index contributed by atoms with van der Waals surface area (Å²) in [5, 5.41) is 0. The van der Waals surface area contributed by atoms with E-state index in [-0.39, 0.29) is 0 Å². The lowest BCUT2D eigenvalue weighted by Crippen LogP contribution is -2.27. The average Bonchev–Trinajstić information content (AvgIpc) is 2.78. The molecule has 2 aliphatic rings. The van der Waals surface area contributed by atoms with Gasteiger partial charge in [-0.05, 0) is 30.6 Å². The van der Waals surface area contributed by atoms with E-state index in [0.717, 1.165) is 25.4 Å². The summed E-state index contributed by atoms with van der Waals surface area (Å²) in [5.41, 5.74) is 0. The summed E-state index contributed by atoms with van der Waals surface area (Å²) in [4.78, 5) is 13.7. The standard InChI is InChI=1S/C11H19NO/c1-8(2)10-5-11(13)12(7-10)6-9-3-4-9/h8-10H,3-7H2,1-2H3/t10-/m0/s1. The molecular formula is C11H19NO. The van der Waals surface area contributed by atoms with E-state index in [2.05, 4.69) is 18.7 Å². The quantitative estimate of drug-likeness (QED) is 0.651. The molecule has 13 heavy (non-hydrogen) atoms. The molecule has 1 saturated carbocycles. The Morgan fingerprint density at radius 2 is 2.15 bits per heavy atom. The summed E-state index contributed by atoms with van der Waals surface area (Å²) in [5.74, 6) is 2.51. The first-order valence-electron chi connectivity index (χ1n) is 5.44. The molecule has 1 aliphatic carbocycles. The van der Waals surface area contributed by atoms with Gasteiger partial charge in [-0.1, -0.05) is 13.8 Å². The molecule has 0 bridgehead atoms. The smallest absolute Gasteiger partial charge is 0.222 e. The van der Waals surface area contributed by atoms with E-state index in [9.17, 15) is 4.79 Å². The zero-order valence-electron chi connectivity index (χ0n) is 8.62. The Morgan fingerprint density at radius 1 is 1.46 bits per heavy atom. The van der Waals surface area contributed by atoms with Crippen LogP contribution in [-0.2, 0) is 4.79 Å². The van der Waals surface area contributed by atoms with E-state index in [1.54, 1.807) is 0 Å². The highest BCUT2D eigenvalue weighted by molar-refractivity contribution is 5.78. The molecule has 0 unspecified atom stereocenters. The van der Waals surface area contributed by atoms with Crippen LogP contribution in [0.1, 0.15) is 33.1 Å². The molecule has 2 heteroatoms. The van der Waals surface area contributed by atoms with Crippen molar-refractivity contribution >= 4 is 5.91 Å². The number of carbonyl (C=O) groups excluding carboxylic acids is 1. The minimum absolute atomic E-state index is 0.394. The maximum atomic E-state index is 11.6. The van der Waals surface area contributed by atoms with Crippen LogP contribution in [-0.4, -0.2) is 23.9 Å². The third-order valence-corrected chi connectivity index (χ3v) is 3.36. The van der Waals surface area contributed by atoms with E-state index in [0.29, 0.717) is 17.7 Å². The molecule has 1 aliphatic heterocycles. The predicted molar refractivity (Wildman–Crippen MR) is 52.2 cm³/mol. The molecule has 2 fully saturated rings. The van der Waals surface area contributed by atoms with Crippen LogP contribution in [0.3, 0.4) is 0 Å². The first-order chi connectivity index (χ1) is 6.16. The van der Waals surface area contributed by atoms with Gasteiger partial charge < -0.3 is 4.90 Å². The second-order valence-corrected chi connectivity index (χ2v) is 4.95. The van der Waals surface area contributed by atoms with E-state index < -0.39 is 0 Å². The van der Waals surface area contributed by atoms with Crippen LogP contribution in [0.15, 0.2) is 0 Å². The van der Waals surface area contributed by atoms with Crippen molar-refractivity contribution in [3.63, 3.8) is 0 Å². The van der Waals surface area contributed by atoms with Crippen LogP contribution in [0.25, 0.3) is 0 Å². The highest BCUT2D eigenvalue weighted by Crippen LogP contribution is 2.33. The molecule has 1 heterocycles. The maximum absolute atomic E-state index is 11.6. The van der Waals surface area contributed by atoms with Crippen LogP contribution < -0.4 is 0 Å². The van der Waals surface area contributed by atoms with Gasteiger partial charge in [-0.15, -0.1) is 0 Å². The zero-order chi connectivity index (χ0) is 9.42. The molecule has 0 radical (unpaired) electrons. The van der Waals surface area contributed by atoms with Gasteiger partial charge in [-0.2, -0.15) is 0 Å². The van der Waals surface area contributed by atoms with Gasteiger partial charge in [0.25, 0.3) is 0 Å². The summed E-state index contributed by atoms with van der Waals surface area (Å²) in [6, 6.07) is 0. The number of carbonyl (C=O) groups is 1. The molecule has 0 aromatic rings. The minimum atomic E-state index is 0.394. The first-order valence-corrected chi connectivity index (χ1v) is 5.44. The zero-order valence-corrected chi connectivity index (χ0v) is 8.62. The van der Waals surface area contributed by atoms with Gasteiger partial charge in [0.05, 0.1) is 0 Å². The largest absolute Gasteiger partial charge is 0.342 e. The summed E-state index contributed by atoms with van der Waals surface area (Å²) in [7, 11) is 0. The Kier molecular flexibility index (Phi) is 2.31. The third-order valence-electron chi connectivity index (χ3n) is 3.36. The first kappa shape index (κ1) is 9.04. The Balaban J connectivity index is 1.87. The summed E-state index contributed by atoms with van der Waals surface area (Å²) in [6.07, 6.45) is 3.48. The third kappa shape index (κ3) is 2.04. The molecule has 2 rings (SSSR count). The number of hydrogen-bond acceptors (Lipinski definition) is 1. The van der Waals surface area contributed by atoms with Gasteiger partial charge in [0.2, 0.25) is 5.91 Å². The molecule has 0 aromatic heterocycles. The average molecular weight is 181 g/mol. The van der Waals surface area contributed by atoms with Crippen molar-refractivity contribution in [1.29, 1.82) is 0 Å². The highest BCUT2D eigenvalue weighted by atomic mass is 16.2. The lowest BCUT2D eigenvalue weighted by molar-refractivity contribution is -0.127. The van der Waals surface area contributed by atoms with Crippen LogP contribution in [0, 0.1) is 17.8 Å². The van der Waals surface area contributed by atoms with Crippen LogP contribution in [0.4, 0.5) is 0 Å². The Bertz CT molecular complexity index is 208. The Morgan fingerprint density at radius 3 is 2.62 bits per heavy atom. The second-order valence-electron chi connectivity index (χ2n) is 4.95. The number of rotatable bonds is 3. The lowest BCUT2D eigenvalue weighted by Gasteiger charge is -2.17. The topological polar surface area (TPSA) is 20.3 Å². The van der Waals surface area contributed by atoms with Crippen molar-refractivity contribution < 1.29 is 4.79 Å². The number of nitrogens with zero attached hydrogens (tertiary/aromatic N) is 1. The van der Waals surface area contributed by atoms with Gasteiger partial charge in [-0.25, -0.2) is 0 Å². The van der Waals surface area contributed by atoms with Crippen molar-refractivity contribution in [3.8, 4) is 0 Å². The molecule has 1 amide bonds. The molecule has 0 spiro atoms. The summed E-state index contributed by atoms with van der Waals surface area (Å²) in [6.45, 7) is 6.51. The molecule has 74 valence electrons. The van der Waals surface area contributed by atoms with Crippen molar-refractivity contribution in [1.82, 2.24) is 4.90 Å². The summed E-state index contributed by atoms with van der Waals surface area (Å²) >= 11 is 0. The second kappa shape index (κ2) is 3.32. The molecular weight excluding hydrogens is 162 g/mol. The number of likely N-dealkylation sites (tertiary alicyclic amines) is 1. The molecule has 0 N–H and O–H groups in total. The van der Waals surface area contributed by atoms with Gasteiger partial charge in [0, 0.05) is 19.5 Å². The minimum Gasteiger partial charge on any atom is -0.342 e. The van der Waals surface area contributed by atoms with E-state index in [1.807, 2.05) is 0 Å². The van der Waals surface area contributed by atoms with Crippen molar-refractivity contribution in [2.45, 2.75) is 33.1 Å². The van der Waals surface area contributed by atoms with Gasteiger partial charge >= 0.3 is 0 Å². The normalized spacial score (nSPS) is 29.0. The number of hydrogen-bond donors (Lipinski definition) is 0. The van der Waals surface area contributed by atoms with Gasteiger partial charge in [0.1, 0.15) is 0 Å². The molecule has 0 aromatic carbocycles.